The van der Waals surface area contributed by atoms with Crippen molar-refractivity contribution >= 4 is 5.97 Å². The van der Waals surface area contributed by atoms with E-state index in [2.05, 4.69) is 41.3 Å². The lowest BCUT2D eigenvalue weighted by molar-refractivity contribution is -0.145. The van der Waals surface area contributed by atoms with Crippen LogP contribution in [-0.2, 0) is 17.9 Å². The minimum Gasteiger partial charge on any atom is -0.489 e. The number of hydrogen-bond donors (Lipinski definition) is 1. The van der Waals surface area contributed by atoms with Crippen molar-refractivity contribution in [3.8, 4) is 5.75 Å². The molecule has 2 fully saturated rings. The predicted molar refractivity (Wildman–Crippen MR) is 124 cm³/mol. The van der Waals surface area contributed by atoms with Crippen LogP contribution in [0.5, 0.6) is 5.75 Å². The number of fused-ring (bicyclic) bond motifs is 2. The van der Waals surface area contributed by atoms with Crippen LogP contribution in [0.1, 0.15) is 41.9 Å². The van der Waals surface area contributed by atoms with Crippen LogP contribution in [0.4, 0.5) is 0 Å². The van der Waals surface area contributed by atoms with Crippen LogP contribution in [-0.4, -0.2) is 28.1 Å². The minimum atomic E-state index is -0.679. The molecule has 32 heavy (non-hydrogen) atoms. The smallest absolute Gasteiger partial charge is 0.307 e. The fourth-order valence-electron chi connectivity index (χ4n) is 5.61. The predicted octanol–water partition coefficient (Wildman–Crippen LogP) is 5.49. The summed E-state index contributed by atoms with van der Waals surface area (Å²) in [5.74, 6) is -0.272. The highest BCUT2D eigenvalue weighted by Gasteiger charge is 2.50. The number of benzene rings is 3. The average Bonchev–Trinajstić information content (AvgIpc) is 3.09. The minimum absolute atomic E-state index is 0.0322. The van der Waals surface area contributed by atoms with E-state index in [1.165, 1.54) is 5.56 Å². The molecule has 2 aliphatic rings. The Hall–Kier alpha value is -3.11. The Labute approximate surface area is 189 Å². The molecule has 2 bridgehead atoms. The van der Waals surface area contributed by atoms with E-state index in [1.807, 2.05) is 48.5 Å². The third-order valence-corrected chi connectivity index (χ3v) is 7.08. The van der Waals surface area contributed by atoms with Crippen LogP contribution in [0.3, 0.4) is 0 Å². The molecule has 1 N–H and O–H groups in total. The third kappa shape index (κ3) is 4.28. The molecule has 0 saturated carbocycles. The summed E-state index contributed by atoms with van der Waals surface area (Å²) >= 11 is 0. The average molecular weight is 428 g/mol. The Morgan fingerprint density at radius 1 is 0.906 bits per heavy atom. The zero-order valence-electron chi connectivity index (χ0n) is 18.1. The van der Waals surface area contributed by atoms with Gasteiger partial charge in [-0.15, -0.1) is 0 Å². The fraction of sp³-hybridized carbons (Fsp3) is 0.321. The number of carboxylic acids is 1. The van der Waals surface area contributed by atoms with E-state index in [0.29, 0.717) is 19.1 Å². The molecule has 4 heteroatoms. The second-order valence-corrected chi connectivity index (χ2v) is 9.01. The molecule has 0 aromatic heterocycles. The lowest BCUT2D eigenvalue weighted by atomic mass is 9.75. The molecule has 2 aliphatic heterocycles. The molecule has 5 rings (SSSR count). The topological polar surface area (TPSA) is 49.8 Å². The van der Waals surface area contributed by atoms with Crippen LogP contribution < -0.4 is 4.74 Å². The van der Waals surface area contributed by atoms with Crippen molar-refractivity contribution < 1.29 is 14.6 Å². The van der Waals surface area contributed by atoms with Crippen molar-refractivity contribution in [2.24, 2.45) is 5.92 Å². The Morgan fingerprint density at radius 2 is 1.62 bits per heavy atom. The summed E-state index contributed by atoms with van der Waals surface area (Å²) in [5.41, 5.74) is 3.48. The number of aliphatic carboxylic acids is 1. The van der Waals surface area contributed by atoms with Gasteiger partial charge in [-0.2, -0.15) is 0 Å². The maximum Gasteiger partial charge on any atom is 0.307 e. The van der Waals surface area contributed by atoms with Crippen molar-refractivity contribution in [1.29, 1.82) is 0 Å². The molecule has 0 amide bonds. The number of rotatable bonds is 7. The normalized spacial score (nSPS) is 24.9. The van der Waals surface area contributed by atoms with E-state index in [0.717, 1.165) is 36.3 Å². The van der Waals surface area contributed by atoms with Gasteiger partial charge < -0.3 is 9.84 Å². The lowest BCUT2D eigenvalue weighted by Crippen LogP contribution is -2.49. The molecule has 0 aliphatic carbocycles. The molecule has 4 nitrogen and oxygen atoms in total. The van der Waals surface area contributed by atoms with Gasteiger partial charge in [-0.25, -0.2) is 0 Å². The highest BCUT2D eigenvalue weighted by atomic mass is 16.5. The van der Waals surface area contributed by atoms with Crippen molar-refractivity contribution in [3.05, 3.63) is 102 Å². The number of nitrogens with zero attached hydrogens (tertiary/aromatic N) is 1. The summed E-state index contributed by atoms with van der Waals surface area (Å²) in [4.78, 5) is 14.8. The zero-order chi connectivity index (χ0) is 21.9. The molecule has 0 radical (unpaired) electrons. The molecule has 3 aromatic rings. The standard InChI is InChI=1S/C28H29NO3/c30-28(31)25-17-23-14-15-26(29(23)18-20-8-3-1-4-9-20)27(25)22-12-7-13-24(16-22)32-19-21-10-5-2-6-11-21/h1-13,16,23,25-27H,14-15,17-19H2,(H,30,31)/t23-,25-,26+,27-/m0/s1. The van der Waals surface area contributed by atoms with Gasteiger partial charge in [0.1, 0.15) is 12.4 Å². The summed E-state index contributed by atoms with van der Waals surface area (Å²) in [5, 5.41) is 10.1. The molecular weight excluding hydrogens is 398 g/mol. The Bertz CT molecular complexity index is 1050. The number of carbonyl (C=O) groups is 1. The van der Waals surface area contributed by atoms with Crippen LogP contribution in [0, 0.1) is 5.92 Å². The first kappa shape index (κ1) is 20.8. The van der Waals surface area contributed by atoms with Gasteiger partial charge in [0.15, 0.2) is 0 Å². The first-order valence-corrected chi connectivity index (χ1v) is 11.5. The maximum absolute atomic E-state index is 12.3. The summed E-state index contributed by atoms with van der Waals surface area (Å²) in [6.07, 6.45) is 2.82. The maximum atomic E-state index is 12.3. The van der Waals surface area contributed by atoms with Crippen molar-refractivity contribution in [3.63, 3.8) is 0 Å². The Balaban J connectivity index is 1.40. The first-order valence-electron chi connectivity index (χ1n) is 11.5. The van der Waals surface area contributed by atoms with Crippen LogP contribution in [0.25, 0.3) is 0 Å². The molecule has 0 unspecified atom stereocenters. The summed E-state index contributed by atoms with van der Waals surface area (Å²) in [7, 11) is 0. The van der Waals surface area contributed by atoms with Crippen LogP contribution in [0.15, 0.2) is 84.9 Å². The van der Waals surface area contributed by atoms with Crippen molar-refractivity contribution in [1.82, 2.24) is 4.90 Å². The monoisotopic (exact) mass is 427 g/mol. The Morgan fingerprint density at radius 3 is 2.34 bits per heavy atom. The van der Waals surface area contributed by atoms with Gasteiger partial charge in [0, 0.05) is 24.5 Å². The van der Waals surface area contributed by atoms with Gasteiger partial charge in [0.05, 0.1) is 5.92 Å². The van der Waals surface area contributed by atoms with Crippen molar-refractivity contribution in [2.45, 2.75) is 50.4 Å². The van der Waals surface area contributed by atoms with E-state index in [4.69, 9.17) is 4.74 Å². The molecule has 2 saturated heterocycles. The third-order valence-electron chi connectivity index (χ3n) is 7.08. The van der Waals surface area contributed by atoms with E-state index in [-0.39, 0.29) is 17.9 Å². The van der Waals surface area contributed by atoms with Crippen molar-refractivity contribution in [2.75, 3.05) is 0 Å². The van der Waals surface area contributed by atoms with Gasteiger partial charge in [0.2, 0.25) is 0 Å². The summed E-state index contributed by atoms with van der Waals surface area (Å²) in [6, 6.07) is 29.3. The number of piperidine rings is 1. The molecule has 3 aromatic carbocycles. The van der Waals surface area contributed by atoms with Gasteiger partial charge in [-0.1, -0.05) is 72.8 Å². The first-order chi connectivity index (χ1) is 15.7. The van der Waals surface area contributed by atoms with E-state index >= 15 is 0 Å². The van der Waals surface area contributed by atoms with Gasteiger partial charge in [-0.05, 0) is 48.1 Å². The largest absolute Gasteiger partial charge is 0.489 e. The molecule has 0 spiro atoms. The lowest BCUT2D eigenvalue weighted by Gasteiger charge is -2.43. The van der Waals surface area contributed by atoms with Gasteiger partial charge in [0.25, 0.3) is 0 Å². The molecule has 4 atom stereocenters. The zero-order valence-corrected chi connectivity index (χ0v) is 18.1. The van der Waals surface area contributed by atoms with Gasteiger partial charge >= 0.3 is 5.97 Å². The SMILES string of the molecule is O=C(O)[C@H]1C[C@@H]2CC[C@H]([C@H]1c1cccc(OCc3ccccc3)c1)N2Cc1ccccc1. The van der Waals surface area contributed by atoms with E-state index in [9.17, 15) is 9.90 Å². The molecule has 2 heterocycles. The summed E-state index contributed by atoms with van der Waals surface area (Å²) < 4.78 is 6.06. The number of hydrogen-bond acceptors (Lipinski definition) is 3. The number of carboxylic acid groups (broad SMARTS) is 1. The molecular formula is C28H29NO3. The van der Waals surface area contributed by atoms with E-state index < -0.39 is 5.97 Å². The second kappa shape index (κ2) is 9.17. The fourth-order valence-corrected chi connectivity index (χ4v) is 5.61. The van der Waals surface area contributed by atoms with Crippen LogP contribution in [0.2, 0.25) is 0 Å². The highest BCUT2D eigenvalue weighted by Crippen LogP contribution is 2.48. The van der Waals surface area contributed by atoms with Crippen LogP contribution >= 0.6 is 0 Å². The Kier molecular flexibility index (Phi) is 5.95. The summed E-state index contributed by atoms with van der Waals surface area (Å²) in [6.45, 7) is 1.38. The van der Waals surface area contributed by atoms with E-state index in [1.54, 1.807) is 0 Å². The second-order valence-electron chi connectivity index (χ2n) is 9.01. The molecule has 164 valence electrons. The highest BCUT2D eigenvalue weighted by molar-refractivity contribution is 5.72. The quantitative estimate of drug-likeness (QED) is 0.542. The van der Waals surface area contributed by atoms with Gasteiger partial charge in [-0.3, -0.25) is 9.69 Å². The number of ether oxygens (including phenoxy) is 1.